The van der Waals surface area contributed by atoms with Crippen LogP contribution in [0.3, 0.4) is 0 Å². The number of carbonyl (C=O) groups excluding carboxylic acids is 1. The van der Waals surface area contributed by atoms with E-state index in [1.807, 2.05) is 77.1 Å². The maximum atomic E-state index is 12.3. The number of carbonyl (C=O) groups is 1. The predicted molar refractivity (Wildman–Crippen MR) is 129 cm³/mol. The van der Waals surface area contributed by atoms with Crippen molar-refractivity contribution in [3.8, 4) is 0 Å². The van der Waals surface area contributed by atoms with Crippen LogP contribution in [0.1, 0.15) is 44.4 Å². The summed E-state index contributed by atoms with van der Waals surface area (Å²) in [6.07, 6.45) is 1.34. The molecule has 1 aliphatic rings. The molecule has 1 fully saturated rings. The number of amides is 1. The van der Waals surface area contributed by atoms with Crippen molar-refractivity contribution in [3.05, 3.63) is 69.7 Å². The summed E-state index contributed by atoms with van der Waals surface area (Å²) in [6.45, 7) is 10.1. The molecule has 2 aromatic carbocycles. The molecule has 3 N–H and O–H groups in total. The van der Waals surface area contributed by atoms with Crippen LogP contribution < -0.4 is 11.1 Å². The van der Waals surface area contributed by atoms with Crippen LogP contribution in [-0.4, -0.2) is 31.0 Å². The van der Waals surface area contributed by atoms with Gasteiger partial charge >= 0.3 is 13.2 Å². The van der Waals surface area contributed by atoms with E-state index in [0.717, 1.165) is 16.7 Å². The Morgan fingerprint density at radius 2 is 1.75 bits per heavy atom. The van der Waals surface area contributed by atoms with Crippen LogP contribution >= 0.6 is 11.6 Å². The lowest BCUT2D eigenvalue weighted by Crippen LogP contribution is -2.41. The van der Waals surface area contributed by atoms with Crippen LogP contribution in [0.25, 0.3) is 6.08 Å². The van der Waals surface area contributed by atoms with Gasteiger partial charge in [0, 0.05) is 12.2 Å². The van der Waals surface area contributed by atoms with Gasteiger partial charge in [-0.15, -0.1) is 0 Å². The normalized spacial score (nSPS) is 17.3. The number of nitrogens with two attached hydrogens (primary N) is 1. The molecule has 2 aromatic rings. The van der Waals surface area contributed by atoms with Crippen LogP contribution in [0.5, 0.6) is 0 Å². The van der Waals surface area contributed by atoms with Crippen molar-refractivity contribution in [3.63, 3.8) is 0 Å². The molecule has 0 radical (unpaired) electrons. The molecule has 8 heteroatoms. The SMILES string of the molecule is Cc1c(N)ccc(C=C(CNC(=O)OCc2ccccc2)B2OC(C)(C)C(C)(C)O2)c1Cl. The van der Waals surface area contributed by atoms with Crippen molar-refractivity contribution in [2.24, 2.45) is 0 Å². The summed E-state index contributed by atoms with van der Waals surface area (Å²) < 4.78 is 17.7. The molecule has 32 heavy (non-hydrogen) atoms. The summed E-state index contributed by atoms with van der Waals surface area (Å²) >= 11 is 6.52. The van der Waals surface area contributed by atoms with Crippen molar-refractivity contribution in [2.75, 3.05) is 12.3 Å². The molecule has 0 spiro atoms. The lowest BCUT2D eigenvalue weighted by molar-refractivity contribution is 0.00578. The quantitative estimate of drug-likeness (QED) is 0.463. The molecule has 0 unspecified atom stereocenters. The molecule has 1 saturated heterocycles. The van der Waals surface area contributed by atoms with E-state index in [4.69, 9.17) is 31.4 Å². The number of nitrogen functional groups attached to an aromatic ring is 1. The van der Waals surface area contributed by atoms with E-state index in [0.29, 0.717) is 16.2 Å². The first-order valence-corrected chi connectivity index (χ1v) is 10.9. The highest BCUT2D eigenvalue weighted by molar-refractivity contribution is 6.56. The van der Waals surface area contributed by atoms with E-state index in [2.05, 4.69) is 5.32 Å². The van der Waals surface area contributed by atoms with Gasteiger partial charge in [-0.3, -0.25) is 0 Å². The maximum Gasteiger partial charge on any atom is 0.492 e. The topological polar surface area (TPSA) is 82.8 Å². The fourth-order valence-corrected chi connectivity index (χ4v) is 3.40. The Morgan fingerprint density at radius 1 is 1.12 bits per heavy atom. The average molecular weight is 457 g/mol. The molecule has 170 valence electrons. The maximum absolute atomic E-state index is 12.3. The van der Waals surface area contributed by atoms with E-state index >= 15 is 0 Å². The average Bonchev–Trinajstić information content (AvgIpc) is 2.97. The zero-order chi connectivity index (χ0) is 23.5. The van der Waals surface area contributed by atoms with Gasteiger partial charge in [-0.1, -0.05) is 54.1 Å². The van der Waals surface area contributed by atoms with Crippen LogP contribution in [0.2, 0.25) is 5.02 Å². The second-order valence-corrected chi connectivity index (χ2v) is 9.28. The summed E-state index contributed by atoms with van der Waals surface area (Å²) in [4.78, 5) is 12.3. The van der Waals surface area contributed by atoms with E-state index in [1.165, 1.54) is 0 Å². The molecule has 6 nitrogen and oxygen atoms in total. The fraction of sp³-hybridized carbons (Fsp3) is 0.375. The number of hydrogen-bond acceptors (Lipinski definition) is 5. The molecule has 0 aliphatic carbocycles. The largest absolute Gasteiger partial charge is 0.492 e. The fourth-order valence-electron chi connectivity index (χ4n) is 3.18. The van der Waals surface area contributed by atoms with Gasteiger partial charge in [-0.05, 0) is 62.8 Å². The number of nitrogens with one attached hydrogen (secondary N) is 1. The van der Waals surface area contributed by atoms with Crippen LogP contribution in [0.15, 0.2) is 47.9 Å². The molecule has 1 heterocycles. The standard InChI is InChI=1S/C24H30BClN2O4/c1-16-20(27)12-11-18(21(16)26)13-19(25-31-23(2,3)24(4,5)32-25)14-28-22(29)30-15-17-9-7-6-8-10-17/h6-13H,14-15,27H2,1-5H3,(H,28,29). The Labute approximate surface area is 195 Å². The second kappa shape index (κ2) is 9.57. The number of anilines is 1. The third-order valence-electron chi connectivity index (χ3n) is 6.00. The van der Waals surface area contributed by atoms with Gasteiger partial charge in [-0.2, -0.15) is 0 Å². The zero-order valence-corrected chi connectivity index (χ0v) is 20.0. The molecule has 0 atom stereocenters. The van der Waals surface area contributed by atoms with Crippen molar-refractivity contribution < 1.29 is 18.8 Å². The Hall–Kier alpha value is -2.48. The second-order valence-electron chi connectivity index (χ2n) is 8.91. The van der Waals surface area contributed by atoms with Gasteiger partial charge in [0.1, 0.15) is 6.61 Å². The van der Waals surface area contributed by atoms with Crippen molar-refractivity contribution in [1.82, 2.24) is 5.32 Å². The third kappa shape index (κ3) is 5.47. The van der Waals surface area contributed by atoms with Crippen LogP contribution in [-0.2, 0) is 20.7 Å². The summed E-state index contributed by atoms with van der Waals surface area (Å²) in [5.41, 5.74) is 8.72. The molecule has 0 bridgehead atoms. The number of halogens is 1. The summed E-state index contributed by atoms with van der Waals surface area (Å²) in [5.74, 6) is 0. The molecule has 1 aliphatic heterocycles. The third-order valence-corrected chi connectivity index (χ3v) is 6.51. The highest BCUT2D eigenvalue weighted by atomic mass is 35.5. The lowest BCUT2D eigenvalue weighted by Gasteiger charge is -2.32. The highest BCUT2D eigenvalue weighted by Gasteiger charge is 2.52. The van der Waals surface area contributed by atoms with Gasteiger partial charge < -0.3 is 25.1 Å². The minimum atomic E-state index is -0.650. The van der Waals surface area contributed by atoms with Gasteiger partial charge in [-0.25, -0.2) is 4.79 Å². The first kappa shape index (κ1) is 24.2. The first-order valence-electron chi connectivity index (χ1n) is 10.6. The smallest absolute Gasteiger partial charge is 0.445 e. The monoisotopic (exact) mass is 456 g/mol. The number of hydrogen-bond donors (Lipinski definition) is 2. The number of rotatable bonds is 6. The van der Waals surface area contributed by atoms with E-state index in [1.54, 1.807) is 6.07 Å². The van der Waals surface area contributed by atoms with Crippen LogP contribution in [0, 0.1) is 6.92 Å². The van der Waals surface area contributed by atoms with Gasteiger partial charge in [0.2, 0.25) is 0 Å². The minimum Gasteiger partial charge on any atom is -0.445 e. The Morgan fingerprint density at radius 3 is 2.38 bits per heavy atom. The Kier molecular flexibility index (Phi) is 7.23. The van der Waals surface area contributed by atoms with Crippen molar-refractivity contribution in [1.29, 1.82) is 0 Å². The number of alkyl carbamates (subject to hydrolysis) is 1. The highest BCUT2D eigenvalue weighted by Crippen LogP contribution is 2.39. The van der Waals surface area contributed by atoms with Gasteiger partial charge in [0.05, 0.1) is 16.2 Å². The molecule has 0 aromatic heterocycles. The number of ether oxygens (including phenoxy) is 1. The summed E-state index contributed by atoms with van der Waals surface area (Å²) in [5, 5.41) is 3.34. The van der Waals surface area contributed by atoms with Crippen LogP contribution in [0.4, 0.5) is 10.5 Å². The summed E-state index contributed by atoms with van der Waals surface area (Å²) in [7, 11) is -0.650. The van der Waals surface area contributed by atoms with Crippen molar-refractivity contribution >= 4 is 36.6 Å². The van der Waals surface area contributed by atoms with E-state index < -0.39 is 24.4 Å². The van der Waals surface area contributed by atoms with Gasteiger partial charge in [0.25, 0.3) is 0 Å². The van der Waals surface area contributed by atoms with E-state index in [9.17, 15) is 4.79 Å². The zero-order valence-electron chi connectivity index (χ0n) is 19.2. The molecular formula is C24H30BClN2O4. The minimum absolute atomic E-state index is 0.171. The predicted octanol–water partition coefficient (Wildman–Crippen LogP) is 5.17. The van der Waals surface area contributed by atoms with Gasteiger partial charge in [0.15, 0.2) is 0 Å². The summed E-state index contributed by atoms with van der Waals surface area (Å²) in [6, 6.07) is 13.1. The molecule has 1 amide bonds. The first-order chi connectivity index (χ1) is 15.0. The lowest BCUT2D eigenvalue weighted by atomic mass is 9.77. The van der Waals surface area contributed by atoms with E-state index in [-0.39, 0.29) is 13.2 Å². The molecular weight excluding hydrogens is 427 g/mol. The Bertz CT molecular complexity index is 993. The Balaban J connectivity index is 1.78. The van der Waals surface area contributed by atoms with Crippen molar-refractivity contribution in [2.45, 2.75) is 52.4 Å². The molecule has 3 rings (SSSR count). The molecule has 0 saturated carbocycles. The number of benzene rings is 2.